The SMILES string of the molecule is COC(=O)N[C@@H]1C[C@H]([C@H](C)COc2ccc(OC)cc2)CC=C1C. The van der Waals surface area contributed by atoms with Crippen LogP contribution >= 0.6 is 0 Å². The molecule has 5 nitrogen and oxygen atoms in total. The van der Waals surface area contributed by atoms with Gasteiger partial charge in [0.25, 0.3) is 0 Å². The lowest BCUT2D eigenvalue weighted by Gasteiger charge is -2.32. The maximum Gasteiger partial charge on any atom is 0.407 e. The number of rotatable bonds is 6. The molecule has 2 rings (SSSR count). The first-order valence-electron chi connectivity index (χ1n) is 8.31. The summed E-state index contributed by atoms with van der Waals surface area (Å²) in [6, 6.07) is 7.65. The number of ether oxygens (including phenoxy) is 3. The number of amides is 1. The van der Waals surface area contributed by atoms with Crippen molar-refractivity contribution >= 4 is 6.09 Å². The molecule has 5 heteroatoms. The maximum absolute atomic E-state index is 11.5. The highest BCUT2D eigenvalue weighted by atomic mass is 16.5. The van der Waals surface area contributed by atoms with E-state index in [0.29, 0.717) is 18.4 Å². The van der Waals surface area contributed by atoms with Gasteiger partial charge in [0.15, 0.2) is 0 Å². The fraction of sp³-hybridized carbons (Fsp3) is 0.526. The van der Waals surface area contributed by atoms with Crippen molar-refractivity contribution in [3.8, 4) is 11.5 Å². The monoisotopic (exact) mass is 333 g/mol. The van der Waals surface area contributed by atoms with Gasteiger partial charge in [-0.15, -0.1) is 0 Å². The molecule has 0 radical (unpaired) electrons. The second-order valence-corrected chi connectivity index (χ2v) is 6.33. The Labute approximate surface area is 144 Å². The van der Waals surface area contributed by atoms with Gasteiger partial charge in [0.05, 0.1) is 26.9 Å². The number of benzene rings is 1. The highest BCUT2D eigenvalue weighted by Gasteiger charge is 2.27. The van der Waals surface area contributed by atoms with Gasteiger partial charge in [0.2, 0.25) is 0 Å². The average molecular weight is 333 g/mol. The number of nitrogens with one attached hydrogen (secondary N) is 1. The molecule has 0 spiro atoms. The summed E-state index contributed by atoms with van der Waals surface area (Å²) >= 11 is 0. The number of carbonyl (C=O) groups excluding carboxylic acids is 1. The summed E-state index contributed by atoms with van der Waals surface area (Å²) in [6.45, 7) is 4.89. The predicted octanol–water partition coefficient (Wildman–Crippen LogP) is 3.79. The molecule has 0 aliphatic heterocycles. The highest BCUT2D eigenvalue weighted by molar-refractivity contribution is 5.67. The molecular formula is C19H27NO4. The summed E-state index contributed by atoms with van der Waals surface area (Å²) in [5, 5.41) is 2.91. The molecule has 0 unspecified atom stereocenters. The molecule has 132 valence electrons. The van der Waals surface area contributed by atoms with Crippen molar-refractivity contribution in [2.45, 2.75) is 32.7 Å². The fourth-order valence-corrected chi connectivity index (χ4v) is 2.94. The number of methoxy groups -OCH3 is 2. The summed E-state index contributed by atoms with van der Waals surface area (Å²) < 4.78 is 15.8. The molecule has 24 heavy (non-hydrogen) atoms. The Balaban J connectivity index is 1.87. The lowest BCUT2D eigenvalue weighted by molar-refractivity contribution is 0.159. The molecule has 0 bridgehead atoms. The smallest absolute Gasteiger partial charge is 0.407 e. The lowest BCUT2D eigenvalue weighted by atomic mass is 9.79. The van der Waals surface area contributed by atoms with Crippen LogP contribution in [0.25, 0.3) is 0 Å². The standard InChI is InChI=1S/C19H27NO4/c1-13-5-6-15(11-18(13)20-19(21)23-4)14(2)12-24-17-9-7-16(22-3)8-10-17/h5,7-10,14-15,18H,6,11-12H2,1-4H3,(H,20,21)/t14-,15-,18-/m1/s1. The van der Waals surface area contributed by atoms with E-state index in [-0.39, 0.29) is 12.1 Å². The minimum atomic E-state index is -0.379. The molecule has 1 N–H and O–H groups in total. The molecule has 1 aromatic rings. The van der Waals surface area contributed by atoms with Crippen molar-refractivity contribution < 1.29 is 19.0 Å². The second-order valence-electron chi connectivity index (χ2n) is 6.33. The Hall–Kier alpha value is -2.17. The van der Waals surface area contributed by atoms with Gasteiger partial charge in [-0.2, -0.15) is 0 Å². The average Bonchev–Trinajstić information content (AvgIpc) is 2.61. The van der Waals surface area contributed by atoms with Gasteiger partial charge in [0.1, 0.15) is 11.5 Å². The van der Waals surface area contributed by atoms with Gasteiger partial charge in [-0.05, 0) is 55.9 Å². The number of alkyl carbamates (subject to hydrolysis) is 1. The Kier molecular flexibility index (Phi) is 6.53. The summed E-state index contributed by atoms with van der Waals surface area (Å²) in [4.78, 5) is 11.5. The van der Waals surface area contributed by atoms with Crippen molar-refractivity contribution in [3.05, 3.63) is 35.9 Å². The van der Waals surface area contributed by atoms with Crippen LogP contribution in [-0.4, -0.2) is 33.0 Å². The fourth-order valence-electron chi connectivity index (χ4n) is 2.94. The van der Waals surface area contributed by atoms with Crippen molar-refractivity contribution in [2.24, 2.45) is 11.8 Å². The third-order valence-corrected chi connectivity index (χ3v) is 4.69. The molecule has 1 aliphatic carbocycles. The van der Waals surface area contributed by atoms with E-state index in [1.54, 1.807) is 7.11 Å². The zero-order valence-corrected chi connectivity index (χ0v) is 14.9. The van der Waals surface area contributed by atoms with E-state index in [9.17, 15) is 4.79 Å². The lowest BCUT2D eigenvalue weighted by Crippen LogP contribution is -2.40. The summed E-state index contributed by atoms with van der Waals surface area (Å²) in [5.74, 6) is 2.52. The van der Waals surface area contributed by atoms with Crippen LogP contribution in [0.5, 0.6) is 11.5 Å². The topological polar surface area (TPSA) is 56.8 Å². The van der Waals surface area contributed by atoms with E-state index in [0.717, 1.165) is 24.3 Å². The van der Waals surface area contributed by atoms with Gasteiger partial charge in [-0.1, -0.05) is 18.6 Å². The summed E-state index contributed by atoms with van der Waals surface area (Å²) in [5.41, 5.74) is 1.19. The van der Waals surface area contributed by atoms with Crippen LogP contribution in [0.1, 0.15) is 26.7 Å². The van der Waals surface area contributed by atoms with E-state index in [1.807, 2.05) is 24.3 Å². The Morgan fingerprint density at radius 2 is 1.92 bits per heavy atom. The zero-order chi connectivity index (χ0) is 17.5. The minimum absolute atomic E-state index is 0.0413. The Bertz CT molecular complexity index is 567. The summed E-state index contributed by atoms with van der Waals surface area (Å²) in [7, 11) is 3.04. The van der Waals surface area contributed by atoms with E-state index in [4.69, 9.17) is 14.2 Å². The molecule has 0 saturated heterocycles. The normalized spacial score (nSPS) is 21.4. The summed E-state index contributed by atoms with van der Waals surface area (Å²) in [6.07, 6.45) is 3.75. The molecule has 3 atom stereocenters. The Morgan fingerprint density at radius 1 is 1.25 bits per heavy atom. The van der Waals surface area contributed by atoms with Crippen molar-refractivity contribution in [3.63, 3.8) is 0 Å². The van der Waals surface area contributed by atoms with E-state index in [1.165, 1.54) is 12.7 Å². The third-order valence-electron chi connectivity index (χ3n) is 4.69. The molecule has 0 saturated carbocycles. The van der Waals surface area contributed by atoms with Crippen LogP contribution in [0, 0.1) is 11.8 Å². The van der Waals surface area contributed by atoms with Crippen molar-refractivity contribution in [2.75, 3.05) is 20.8 Å². The van der Waals surface area contributed by atoms with Gasteiger partial charge >= 0.3 is 6.09 Å². The first kappa shape index (κ1) is 18.2. The Morgan fingerprint density at radius 3 is 2.54 bits per heavy atom. The van der Waals surface area contributed by atoms with Crippen LogP contribution in [0.3, 0.4) is 0 Å². The van der Waals surface area contributed by atoms with E-state index in [2.05, 4.69) is 25.2 Å². The van der Waals surface area contributed by atoms with Crippen molar-refractivity contribution in [1.82, 2.24) is 5.32 Å². The van der Waals surface area contributed by atoms with Gasteiger partial charge in [-0.3, -0.25) is 0 Å². The van der Waals surface area contributed by atoms with Crippen molar-refractivity contribution in [1.29, 1.82) is 0 Å². The molecule has 0 heterocycles. The van der Waals surface area contributed by atoms with E-state index < -0.39 is 0 Å². The predicted molar refractivity (Wildman–Crippen MR) is 93.5 cm³/mol. The number of allylic oxidation sites excluding steroid dienone is 1. The molecule has 0 fully saturated rings. The molecule has 1 amide bonds. The maximum atomic E-state index is 11.5. The molecule has 1 aromatic carbocycles. The van der Waals surface area contributed by atoms with Gasteiger partial charge in [-0.25, -0.2) is 4.79 Å². The first-order valence-corrected chi connectivity index (χ1v) is 8.31. The van der Waals surface area contributed by atoms with E-state index >= 15 is 0 Å². The second kappa shape index (κ2) is 8.62. The van der Waals surface area contributed by atoms with Gasteiger partial charge < -0.3 is 19.5 Å². The highest BCUT2D eigenvalue weighted by Crippen LogP contribution is 2.30. The first-order chi connectivity index (χ1) is 11.5. The van der Waals surface area contributed by atoms with Crippen LogP contribution in [0.2, 0.25) is 0 Å². The number of carbonyl (C=O) groups is 1. The molecule has 0 aromatic heterocycles. The van der Waals surface area contributed by atoms with Crippen LogP contribution < -0.4 is 14.8 Å². The quantitative estimate of drug-likeness (QED) is 0.805. The van der Waals surface area contributed by atoms with Gasteiger partial charge in [0, 0.05) is 0 Å². The number of hydrogen-bond acceptors (Lipinski definition) is 4. The van der Waals surface area contributed by atoms with Crippen LogP contribution in [-0.2, 0) is 4.74 Å². The van der Waals surface area contributed by atoms with Crippen LogP contribution in [0.15, 0.2) is 35.9 Å². The third kappa shape index (κ3) is 4.91. The zero-order valence-electron chi connectivity index (χ0n) is 14.9. The largest absolute Gasteiger partial charge is 0.497 e. The molecular weight excluding hydrogens is 306 g/mol. The molecule has 1 aliphatic rings. The minimum Gasteiger partial charge on any atom is -0.497 e. The number of hydrogen-bond donors (Lipinski definition) is 1. The van der Waals surface area contributed by atoms with Crippen LogP contribution in [0.4, 0.5) is 4.79 Å².